The molecule has 0 unspecified atom stereocenters. The Morgan fingerprint density at radius 3 is 0.940 bits per heavy atom. The fourth-order valence-electron chi connectivity index (χ4n) is 13.0. The van der Waals surface area contributed by atoms with Gasteiger partial charge in [0.1, 0.15) is 56.6 Å². The highest BCUT2D eigenvalue weighted by Gasteiger charge is 2.50. The van der Waals surface area contributed by atoms with E-state index in [4.69, 9.17) is 53.8 Å². The first kappa shape index (κ1) is 102. The Morgan fingerprint density at radius 2 is 0.642 bits per heavy atom. The SMILES string of the molecule is CC(=O)c1ccc(C2(NC(=O)c3c(C(F)(F)F)nn(C)c3Oc3ccc(C(F)(F)F)cc3)CC2)cc1.CC(=O)c1ccc([C@H](C)NC(=O)c2c(C(F)(F)F)nn(C)c2Oc2ccc(Cl)cc2)cc1.CC(=O)c1ccc([C@H](C)NC(=O)c2c(C(F)F)nn(C)c2Oc2ccc(C(F)(F)F)cc2Cl)cc1.CC(=O)c1ccc([C@H](C)NC(=O)c2c(C(F)F)nn(C)c2Oc2ccc(Cl)cc2)cc1. The molecule has 4 N–H and O–H groups in total. The van der Waals surface area contributed by atoms with Gasteiger partial charge in [-0.05, 0) is 175 Å². The maximum Gasteiger partial charge on any atom is 0.436 e. The summed E-state index contributed by atoms with van der Waals surface area (Å²) in [5.41, 5.74) is -5.45. The second kappa shape index (κ2) is 41.9. The lowest BCUT2D eigenvalue weighted by Crippen LogP contribution is -2.36. The normalized spacial score (nSPS) is 13.0. The van der Waals surface area contributed by atoms with Crippen LogP contribution in [0.25, 0.3) is 0 Å². The molecule has 706 valence electrons. The van der Waals surface area contributed by atoms with Gasteiger partial charge < -0.3 is 40.2 Å². The van der Waals surface area contributed by atoms with E-state index in [0.717, 1.165) is 39.3 Å². The number of rotatable bonds is 26. The Balaban J connectivity index is 0.000000185. The number of nitrogens with zero attached hydrogens (tertiary/aromatic N) is 8. The molecule has 1 aliphatic carbocycles. The van der Waals surface area contributed by atoms with Crippen molar-refractivity contribution >= 4 is 81.6 Å². The van der Waals surface area contributed by atoms with Gasteiger partial charge in [0.25, 0.3) is 36.5 Å². The Hall–Kier alpha value is -13.9. The van der Waals surface area contributed by atoms with Crippen LogP contribution in [0.2, 0.25) is 15.1 Å². The monoisotopic (exact) mass is 1940 g/mol. The van der Waals surface area contributed by atoms with E-state index in [9.17, 15) is 109 Å². The summed E-state index contributed by atoms with van der Waals surface area (Å²) in [4.78, 5) is 97.9. The lowest BCUT2D eigenvalue weighted by Gasteiger charge is -2.19. The molecule has 24 nitrogen and oxygen atoms in total. The van der Waals surface area contributed by atoms with Crippen molar-refractivity contribution in [1.82, 2.24) is 60.4 Å². The quantitative estimate of drug-likeness (QED) is 0.0289. The average Bonchev–Trinajstić information content (AvgIpc) is 1.59. The zero-order valence-corrected chi connectivity index (χ0v) is 74.1. The van der Waals surface area contributed by atoms with E-state index in [2.05, 4.69) is 41.7 Å². The lowest BCUT2D eigenvalue weighted by atomic mass is 10.0. The maximum absolute atomic E-state index is 13.7. The standard InChI is InChI=1S/C24H19F6N3O3.C23H19ClF5N3O3.C22H19ClF3N3O3.C22H20ClF2N3O3/c1-13(34)14-3-5-15(6-4-14)22(11-12-22)31-20(35)18-19(24(28,29)30)32-33(2)21(18)36-17-9-7-16(8-10-17)23(25,26)27;1-11(13-4-6-14(7-5-13)12(2)33)30-21(34)18-19(20(25)26)31-32(3)22(18)35-17-9-8-15(10-16(17)24)23(27,28)29;1-12(14-4-6-15(7-5-14)13(2)30)27-20(31)18-19(22(24,25)26)28-29(3)21(18)32-17-10-8-16(23)9-11-17;1-12(14-4-6-15(7-5-14)13(2)29)26-21(30)18-19(20(24)25)27-28(3)22(18)31-17-10-8-16(23)9-11-17/h3-10H,11-12H2,1-2H3,(H,31,35);4-11,20H,1-3H3,(H,30,34);4-12H,1-3H3,(H,27,31);4-12,20H,1-3H3,(H,26,30)/t;11-;2*12-/m.000/s1. The van der Waals surface area contributed by atoms with E-state index in [0.29, 0.717) is 102 Å². The van der Waals surface area contributed by atoms with Crippen LogP contribution >= 0.6 is 34.8 Å². The number of amides is 4. The van der Waals surface area contributed by atoms with Crippen molar-refractivity contribution in [3.05, 3.63) is 304 Å². The molecule has 0 saturated heterocycles. The van der Waals surface area contributed by atoms with Gasteiger partial charge in [-0.15, -0.1) is 0 Å². The summed E-state index contributed by atoms with van der Waals surface area (Å²) < 4.78 is 240. The highest BCUT2D eigenvalue weighted by molar-refractivity contribution is 6.32. The van der Waals surface area contributed by atoms with Gasteiger partial charge in [0.15, 0.2) is 34.5 Å². The van der Waals surface area contributed by atoms with Crippen molar-refractivity contribution in [3.63, 3.8) is 0 Å². The third-order valence-corrected chi connectivity index (χ3v) is 21.1. The highest BCUT2D eigenvalue weighted by atomic mass is 35.5. The predicted octanol–water partition coefficient (Wildman–Crippen LogP) is 23.5. The second-order valence-corrected chi connectivity index (χ2v) is 31.3. The van der Waals surface area contributed by atoms with E-state index < -0.39 is 152 Å². The van der Waals surface area contributed by atoms with Crippen LogP contribution < -0.4 is 40.2 Å². The second-order valence-electron chi connectivity index (χ2n) is 30.1. The molecule has 1 aliphatic rings. The molecule has 4 amide bonds. The molecule has 0 bridgehead atoms. The third-order valence-electron chi connectivity index (χ3n) is 20.3. The number of carbonyl (C=O) groups is 8. The van der Waals surface area contributed by atoms with Crippen LogP contribution in [0.5, 0.6) is 46.5 Å². The van der Waals surface area contributed by atoms with E-state index in [-0.39, 0.29) is 57.7 Å². The van der Waals surface area contributed by atoms with Gasteiger partial charge in [0.05, 0.1) is 39.8 Å². The van der Waals surface area contributed by atoms with Gasteiger partial charge in [-0.3, -0.25) is 38.4 Å². The largest absolute Gasteiger partial charge is 0.438 e. The Morgan fingerprint density at radius 1 is 0.358 bits per heavy atom. The van der Waals surface area contributed by atoms with Crippen molar-refractivity contribution in [1.29, 1.82) is 0 Å². The van der Waals surface area contributed by atoms with Crippen LogP contribution in [0.15, 0.2) is 188 Å². The summed E-state index contributed by atoms with van der Waals surface area (Å²) in [5.74, 6) is -5.81. The van der Waals surface area contributed by atoms with Crippen LogP contribution in [-0.2, 0) is 58.4 Å². The molecule has 0 aliphatic heterocycles. The number of Topliss-reactive ketones (excluding diaryl/α,β-unsaturated/α-hetero) is 4. The van der Waals surface area contributed by atoms with Crippen LogP contribution in [0, 0.1) is 0 Å². The number of ether oxygens (including phenoxy) is 4. The first-order valence-electron chi connectivity index (χ1n) is 39.6. The minimum Gasteiger partial charge on any atom is -0.438 e. The molecule has 13 rings (SSSR count). The van der Waals surface area contributed by atoms with Crippen LogP contribution in [0.1, 0.15) is 231 Å². The van der Waals surface area contributed by atoms with Gasteiger partial charge in [0.2, 0.25) is 23.5 Å². The topological polar surface area (TPSA) is 293 Å². The summed E-state index contributed by atoms with van der Waals surface area (Å²) in [6.07, 6.45) is -24.4. The van der Waals surface area contributed by atoms with Gasteiger partial charge in [-0.1, -0.05) is 132 Å². The number of carbonyl (C=O) groups excluding carboxylic acids is 8. The molecule has 4 aromatic heterocycles. The smallest absolute Gasteiger partial charge is 0.436 e. The number of nitrogens with one attached hydrogen (secondary N) is 4. The lowest BCUT2D eigenvalue weighted by molar-refractivity contribution is -0.142. The summed E-state index contributed by atoms with van der Waals surface area (Å²) in [5, 5.41) is 25.2. The van der Waals surface area contributed by atoms with Crippen molar-refractivity contribution in [3.8, 4) is 46.5 Å². The highest BCUT2D eigenvalue weighted by Crippen LogP contribution is 2.48. The number of hydrogen-bond acceptors (Lipinski definition) is 16. The predicted molar refractivity (Wildman–Crippen MR) is 456 cm³/mol. The molecule has 3 atom stereocenters. The van der Waals surface area contributed by atoms with Crippen LogP contribution in [0.3, 0.4) is 0 Å². The molecule has 4 heterocycles. The summed E-state index contributed by atoms with van der Waals surface area (Å²) in [7, 11) is 5.03. The Bertz CT molecular complexity index is 6320. The Labute approximate surface area is 766 Å². The van der Waals surface area contributed by atoms with Gasteiger partial charge in [-0.2, -0.15) is 73.1 Å². The Kier molecular flexibility index (Phi) is 32.0. The molecular formula is C91H77Cl3F16N12O12. The van der Waals surface area contributed by atoms with Crippen molar-refractivity contribution in [2.24, 2.45) is 28.2 Å². The number of aryl methyl sites for hydroxylation is 4. The van der Waals surface area contributed by atoms with Crippen molar-refractivity contribution < 1.29 is 128 Å². The zero-order chi connectivity index (χ0) is 98.9. The molecule has 43 heteroatoms. The van der Waals surface area contributed by atoms with Gasteiger partial charge in [0, 0.05) is 60.5 Å². The number of alkyl halides is 16. The molecule has 1 saturated carbocycles. The van der Waals surface area contributed by atoms with Crippen molar-refractivity contribution in [2.75, 3.05) is 0 Å². The third kappa shape index (κ3) is 25.3. The fourth-order valence-corrected chi connectivity index (χ4v) is 13.5. The molecular weight excluding hydrogens is 1860 g/mol. The first-order chi connectivity index (χ1) is 62.6. The number of halogens is 19. The van der Waals surface area contributed by atoms with E-state index in [1.807, 2.05) is 0 Å². The number of hydrogen-bond donors (Lipinski definition) is 4. The summed E-state index contributed by atoms with van der Waals surface area (Å²) in [6, 6.07) is 41.7. The molecule has 0 spiro atoms. The van der Waals surface area contributed by atoms with Crippen LogP contribution in [0.4, 0.5) is 70.2 Å². The first-order valence-corrected chi connectivity index (χ1v) is 40.7. The average molecular weight is 1940 g/mol. The van der Waals surface area contributed by atoms with Gasteiger partial charge >= 0.3 is 24.7 Å². The molecule has 8 aromatic carbocycles. The van der Waals surface area contributed by atoms with Crippen LogP contribution in [-0.4, -0.2) is 85.9 Å². The fraction of sp³-hybridized carbons (Fsp3) is 0.253. The van der Waals surface area contributed by atoms with E-state index in [1.165, 1.54) is 73.1 Å². The van der Waals surface area contributed by atoms with E-state index in [1.54, 1.807) is 142 Å². The number of benzene rings is 8. The van der Waals surface area contributed by atoms with Gasteiger partial charge in [-0.25, -0.2) is 36.3 Å². The minimum absolute atomic E-state index is 0.0795. The molecule has 1 fully saturated rings. The maximum atomic E-state index is 13.7. The molecule has 134 heavy (non-hydrogen) atoms. The summed E-state index contributed by atoms with van der Waals surface area (Å²) in [6.45, 7) is 10.6. The number of ketones is 4. The number of aromatic nitrogens is 8. The van der Waals surface area contributed by atoms with Crippen molar-refractivity contribution in [2.45, 2.75) is 123 Å². The molecule has 0 radical (unpaired) electrons. The van der Waals surface area contributed by atoms with E-state index >= 15 is 0 Å². The minimum atomic E-state index is -5.01. The molecule has 12 aromatic rings. The zero-order valence-electron chi connectivity index (χ0n) is 71.9. The summed E-state index contributed by atoms with van der Waals surface area (Å²) >= 11 is 17.6.